The maximum atomic E-state index is 12.5. The van der Waals surface area contributed by atoms with Gasteiger partial charge in [-0.3, -0.25) is 9.59 Å². The average Bonchev–Trinajstić information content (AvgIpc) is 2.75. The lowest BCUT2D eigenvalue weighted by atomic mass is 10.0. The molecule has 0 unspecified atom stereocenters. The number of ketones is 2. The van der Waals surface area contributed by atoms with Gasteiger partial charge in [0.05, 0.1) is 19.1 Å². The topological polar surface area (TPSA) is 52.6 Å². The third-order valence-corrected chi connectivity index (χ3v) is 7.02. The molecule has 0 aromatic carbocycles. The number of carbonyl (C=O) groups is 2. The lowest BCUT2D eigenvalue weighted by molar-refractivity contribution is -0.120. The highest BCUT2D eigenvalue weighted by Gasteiger charge is 2.36. The van der Waals surface area contributed by atoms with E-state index in [2.05, 4.69) is 6.92 Å². The van der Waals surface area contributed by atoms with Gasteiger partial charge in [0.1, 0.15) is 5.03 Å². The van der Waals surface area contributed by atoms with Crippen molar-refractivity contribution in [3.63, 3.8) is 0 Å². The van der Waals surface area contributed by atoms with Gasteiger partial charge in [-0.15, -0.1) is 11.8 Å². The SMILES string of the molecule is CCCCCCCCCCCCCCCCSC1=C(Cl)C(=O)C(OC)=C(OC)C1=O. The van der Waals surface area contributed by atoms with Crippen LogP contribution in [0.3, 0.4) is 0 Å². The van der Waals surface area contributed by atoms with Gasteiger partial charge in [-0.25, -0.2) is 0 Å². The number of thioether (sulfide) groups is 1. The van der Waals surface area contributed by atoms with Crippen LogP contribution in [0, 0.1) is 0 Å². The minimum Gasteiger partial charge on any atom is -0.489 e. The van der Waals surface area contributed by atoms with Gasteiger partial charge in [0.25, 0.3) is 0 Å². The van der Waals surface area contributed by atoms with E-state index >= 15 is 0 Å². The molecule has 4 nitrogen and oxygen atoms in total. The van der Waals surface area contributed by atoms with Gasteiger partial charge in [0.2, 0.25) is 23.1 Å². The number of Topliss-reactive ketones (excluding diaryl/α,β-unsaturated/α-hetero) is 2. The Morgan fingerprint density at radius 1 is 0.667 bits per heavy atom. The molecule has 0 bridgehead atoms. The molecule has 0 N–H and O–H groups in total. The Morgan fingerprint density at radius 3 is 1.50 bits per heavy atom. The van der Waals surface area contributed by atoms with Crippen molar-refractivity contribution in [2.24, 2.45) is 0 Å². The van der Waals surface area contributed by atoms with Crippen molar-refractivity contribution >= 4 is 34.9 Å². The smallest absolute Gasteiger partial charge is 0.244 e. The molecule has 0 amide bonds. The highest BCUT2D eigenvalue weighted by Crippen LogP contribution is 2.34. The molecule has 0 radical (unpaired) electrons. The predicted molar refractivity (Wildman–Crippen MR) is 127 cm³/mol. The molecule has 0 atom stereocenters. The van der Waals surface area contributed by atoms with Crippen molar-refractivity contribution < 1.29 is 19.1 Å². The van der Waals surface area contributed by atoms with Crippen LogP contribution in [0.2, 0.25) is 0 Å². The fraction of sp³-hybridized carbons (Fsp3) is 0.750. The van der Waals surface area contributed by atoms with E-state index in [1.807, 2.05) is 0 Å². The zero-order valence-electron chi connectivity index (χ0n) is 19.0. The summed E-state index contributed by atoms with van der Waals surface area (Å²) in [7, 11) is 2.69. The lowest BCUT2D eigenvalue weighted by Gasteiger charge is -2.18. The van der Waals surface area contributed by atoms with Crippen LogP contribution >= 0.6 is 23.4 Å². The maximum Gasteiger partial charge on any atom is 0.244 e. The van der Waals surface area contributed by atoms with Gasteiger partial charge in [-0.05, 0) is 12.2 Å². The van der Waals surface area contributed by atoms with Crippen molar-refractivity contribution in [1.29, 1.82) is 0 Å². The molecule has 0 spiro atoms. The number of allylic oxidation sites excluding steroid dienone is 2. The second kappa shape index (κ2) is 16.7. The standard InChI is InChI=1S/C24H39ClO4S/c1-4-5-6-7-8-9-10-11-12-13-14-15-16-17-18-30-24-19(25)20(26)22(28-2)23(29-3)21(24)27/h4-18H2,1-3H3. The summed E-state index contributed by atoms with van der Waals surface area (Å²) in [5.41, 5.74) is 0. The molecule has 1 aliphatic rings. The molecular weight excluding hydrogens is 420 g/mol. The average molecular weight is 459 g/mol. The first-order valence-electron chi connectivity index (χ1n) is 11.5. The number of unbranched alkanes of at least 4 members (excludes halogenated alkanes) is 13. The zero-order valence-corrected chi connectivity index (χ0v) is 20.6. The first kappa shape index (κ1) is 27.1. The number of hydrogen-bond donors (Lipinski definition) is 0. The van der Waals surface area contributed by atoms with Gasteiger partial charge >= 0.3 is 0 Å². The second-order valence-electron chi connectivity index (χ2n) is 7.81. The molecule has 1 rings (SSSR count). The monoisotopic (exact) mass is 458 g/mol. The fourth-order valence-electron chi connectivity index (χ4n) is 3.58. The molecule has 0 aliphatic heterocycles. The highest BCUT2D eigenvalue weighted by atomic mass is 35.5. The Kier molecular flexibility index (Phi) is 15.1. The Hall–Kier alpha value is -0.940. The summed E-state index contributed by atoms with van der Waals surface area (Å²) in [5.74, 6) is -0.265. The van der Waals surface area contributed by atoms with E-state index in [9.17, 15) is 9.59 Å². The van der Waals surface area contributed by atoms with Gasteiger partial charge in [0, 0.05) is 0 Å². The normalized spacial score (nSPS) is 14.7. The number of ether oxygens (including phenoxy) is 2. The quantitative estimate of drug-likeness (QED) is 0.159. The van der Waals surface area contributed by atoms with Crippen LogP contribution in [-0.4, -0.2) is 31.5 Å². The van der Waals surface area contributed by atoms with Crippen LogP contribution in [0.4, 0.5) is 0 Å². The Balaban J connectivity index is 2.09. The van der Waals surface area contributed by atoms with Crippen LogP contribution < -0.4 is 0 Å². The summed E-state index contributed by atoms with van der Waals surface area (Å²) in [6.45, 7) is 2.26. The molecule has 1 aliphatic carbocycles. The third-order valence-electron chi connectivity index (χ3n) is 5.38. The molecule has 0 fully saturated rings. The second-order valence-corrected chi connectivity index (χ2v) is 9.30. The molecule has 0 heterocycles. The van der Waals surface area contributed by atoms with Crippen LogP contribution in [0.1, 0.15) is 96.8 Å². The van der Waals surface area contributed by atoms with E-state index < -0.39 is 5.78 Å². The first-order chi connectivity index (χ1) is 14.6. The molecule has 6 heteroatoms. The van der Waals surface area contributed by atoms with Gasteiger partial charge in [-0.1, -0.05) is 102 Å². The van der Waals surface area contributed by atoms with Gasteiger partial charge in [-0.2, -0.15) is 0 Å². The summed E-state index contributed by atoms with van der Waals surface area (Å²) in [5, 5.41) is -0.0620. The van der Waals surface area contributed by atoms with Crippen LogP contribution in [0.25, 0.3) is 0 Å². The molecule has 0 saturated heterocycles. The fourth-order valence-corrected chi connectivity index (χ4v) is 4.91. The number of halogens is 1. The van der Waals surface area contributed by atoms with Crippen molar-refractivity contribution in [2.75, 3.05) is 20.0 Å². The number of carbonyl (C=O) groups excluding carboxylic acids is 2. The van der Waals surface area contributed by atoms with E-state index in [0.717, 1.165) is 18.6 Å². The van der Waals surface area contributed by atoms with Gasteiger partial charge < -0.3 is 9.47 Å². The number of rotatable bonds is 18. The first-order valence-corrected chi connectivity index (χ1v) is 12.9. The van der Waals surface area contributed by atoms with E-state index in [1.54, 1.807) is 0 Å². The van der Waals surface area contributed by atoms with E-state index in [-0.39, 0.29) is 27.2 Å². The Bertz CT molecular complexity index is 598. The molecule has 0 aromatic rings. The Morgan fingerprint density at radius 2 is 1.07 bits per heavy atom. The summed E-state index contributed by atoms with van der Waals surface area (Å²) < 4.78 is 10.0. The van der Waals surface area contributed by atoms with E-state index in [0.29, 0.717) is 0 Å². The maximum absolute atomic E-state index is 12.5. The molecular formula is C24H39ClO4S. The molecule has 0 aromatic heterocycles. The third kappa shape index (κ3) is 9.47. The van der Waals surface area contributed by atoms with Crippen molar-refractivity contribution in [3.8, 4) is 0 Å². The van der Waals surface area contributed by atoms with Crippen LogP contribution in [0.15, 0.2) is 21.5 Å². The van der Waals surface area contributed by atoms with Gasteiger partial charge in [0.15, 0.2) is 0 Å². The van der Waals surface area contributed by atoms with Crippen molar-refractivity contribution in [1.82, 2.24) is 0 Å². The molecule has 0 saturated carbocycles. The van der Waals surface area contributed by atoms with Crippen LogP contribution in [0.5, 0.6) is 0 Å². The summed E-state index contributed by atoms with van der Waals surface area (Å²) in [6, 6.07) is 0. The van der Waals surface area contributed by atoms with Crippen molar-refractivity contribution in [2.45, 2.75) is 96.8 Å². The number of methoxy groups -OCH3 is 2. The van der Waals surface area contributed by atoms with Crippen molar-refractivity contribution in [3.05, 3.63) is 21.5 Å². The van der Waals surface area contributed by atoms with Crippen LogP contribution in [-0.2, 0) is 19.1 Å². The number of hydrogen-bond acceptors (Lipinski definition) is 5. The van der Waals surface area contributed by atoms with E-state index in [4.69, 9.17) is 21.1 Å². The summed E-state index contributed by atoms with van der Waals surface area (Å²) >= 11 is 7.45. The minimum atomic E-state index is -0.487. The van der Waals surface area contributed by atoms with E-state index in [1.165, 1.54) is 103 Å². The molecule has 30 heavy (non-hydrogen) atoms. The summed E-state index contributed by atoms with van der Waals surface area (Å²) in [6.07, 6.45) is 18.4. The lowest BCUT2D eigenvalue weighted by Crippen LogP contribution is -2.23. The minimum absolute atomic E-state index is 0.0599. The zero-order chi connectivity index (χ0) is 22.2. The Labute approximate surface area is 192 Å². The largest absolute Gasteiger partial charge is 0.489 e. The highest BCUT2D eigenvalue weighted by molar-refractivity contribution is 8.04. The predicted octanol–water partition coefficient (Wildman–Crippen LogP) is 7.31. The molecule has 172 valence electrons. The summed E-state index contributed by atoms with van der Waals surface area (Å²) in [4.78, 5) is 25.0.